The number of hydrogen-bond donors (Lipinski definition) is 2. The second-order valence-electron chi connectivity index (χ2n) is 14.0. The number of rotatable bonds is 5. The molecule has 9 heteroatoms. The third kappa shape index (κ3) is 4.44. The zero-order valence-electron chi connectivity index (χ0n) is 24.8. The number of nitrogens with one attached hydrogen (secondary N) is 1. The molecular weight excluding hydrogens is 604 g/mol. The van der Waals surface area contributed by atoms with Gasteiger partial charge in [0.1, 0.15) is 18.2 Å². The number of nitrogens with zero attached hydrogens (tertiary/aromatic N) is 5. The Morgan fingerprint density at radius 3 is 2.79 bits per heavy atom. The molecule has 1 aliphatic carbocycles. The van der Waals surface area contributed by atoms with E-state index in [-0.39, 0.29) is 11.3 Å². The van der Waals surface area contributed by atoms with E-state index < -0.39 is 0 Å². The van der Waals surface area contributed by atoms with Gasteiger partial charge in [-0.05, 0) is 81.3 Å². The van der Waals surface area contributed by atoms with Gasteiger partial charge in [-0.3, -0.25) is 4.90 Å². The average Bonchev–Trinajstić information content (AvgIpc) is 3.76. The average molecular weight is 646 g/mol. The highest BCUT2D eigenvalue weighted by atomic mass is 79.9. The van der Waals surface area contributed by atoms with Crippen molar-refractivity contribution in [3.63, 3.8) is 0 Å². The Kier molecular flexibility index (Phi) is 6.35. The predicted octanol–water partition coefficient (Wildman–Crippen LogP) is 5.39. The third-order valence-electron chi connectivity index (χ3n) is 11.6. The first-order chi connectivity index (χ1) is 21.0. The summed E-state index contributed by atoms with van der Waals surface area (Å²) in [6, 6.07) is 12.3. The van der Waals surface area contributed by atoms with Crippen molar-refractivity contribution in [3.05, 3.63) is 46.1 Å². The molecule has 3 aromatic rings. The predicted molar refractivity (Wildman–Crippen MR) is 172 cm³/mol. The summed E-state index contributed by atoms with van der Waals surface area (Å²) in [6.07, 6.45) is 11.2. The molecule has 2 bridgehead atoms. The van der Waals surface area contributed by atoms with Gasteiger partial charge in [0.05, 0.1) is 17.8 Å². The Bertz CT molecular complexity index is 1570. The minimum absolute atomic E-state index is 0.155. The van der Waals surface area contributed by atoms with E-state index in [9.17, 15) is 5.11 Å². The fourth-order valence-electron chi connectivity index (χ4n) is 9.75. The standard InChI is InChI=1S/C34H41BrN6O2/c35-27-6-1-4-21-14-25(42)15-30(31(21)27)39-13-10-26-28(19-39)37-33(38-32(26)40-17-23-8-9-24(18-40)36-23)43-20-34-11-3-12-41(34)29-7-2-5-22(29)16-34/h1,4,6,14-15,22-24,29,36,42H,2-3,5,7-13,16-20H2/t22-,23?,24?,29-,34+/m1/s1. The monoisotopic (exact) mass is 644 g/mol. The van der Waals surface area contributed by atoms with E-state index in [0.29, 0.717) is 31.2 Å². The highest BCUT2D eigenvalue weighted by Gasteiger charge is 2.55. The summed E-state index contributed by atoms with van der Waals surface area (Å²) in [5.74, 6) is 2.21. The van der Waals surface area contributed by atoms with Gasteiger partial charge in [0, 0.05) is 64.9 Å². The van der Waals surface area contributed by atoms with Gasteiger partial charge in [0.15, 0.2) is 0 Å². The Hall–Kier alpha value is -2.62. The van der Waals surface area contributed by atoms with E-state index in [0.717, 1.165) is 70.5 Å². The summed E-state index contributed by atoms with van der Waals surface area (Å²) < 4.78 is 7.74. The zero-order valence-corrected chi connectivity index (χ0v) is 26.4. The molecule has 2 aromatic carbocycles. The number of aromatic nitrogens is 2. The molecule has 2 N–H and O–H groups in total. The number of hydrogen-bond acceptors (Lipinski definition) is 8. The largest absolute Gasteiger partial charge is 0.508 e. The lowest BCUT2D eigenvalue weighted by Crippen LogP contribution is -2.52. The van der Waals surface area contributed by atoms with Crippen LogP contribution < -0.4 is 19.9 Å². The van der Waals surface area contributed by atoms with Crippen molar-refractivity contribution in [1.82, 2.24) is 20.2 Å². The van der Waals surface area contributed by atoms with E-state index in [2.05, 4.69) is 48.1 Å². The fraction of sp³-hybridized carbons (Fsp3) is 0.588. The molecule has 43 heavy (non-hydrogen) atoms. The van der Waals surface area contributed by atoms with E-state index in [1.807, 2.05) is 18.2 Å². The molecule has 0 amide bonds. The van der Waals surface area contributed by atoms with Crippen LogP contribution in [0.4, 0.5) is 11.5 Å². The SMILES string of the molecule is Oc1cc(N2CCc3c(nc(OC[C@@]45CCCN4[C@@H]4CCC[C@@H]4C5)nc3N3CC4CCC(C3)N4)C2)c2c(Br)cccc2c1. The first kappa shape index (κ1) is 26.8. The van der Waals surface area contributed by atoms with Gasteiger partial charge < -0.3 is 25.0 Å². The van der Waals surface area contributed by atoms with E-state index in [1.54, 1.807) is 0 Å². The molecule has 6 heterocycles. The first-order valence-electron chi connectivity index (χ1n) is 16.5. The number of ether oxygens (including phenoxy) is 1. The highest BCUT2D eigenvalue weighted by Crippen LogP contribution is 2.51. The second-order valence-corrected chi connectivity index (χ2v) is 14.9. The van der Waals surface area contributed by atoms with Crippen LogP contribution in [0, 0.1) is 5.92 Å². The van der Waals surface area contributed by atoms with Crippen molar-refractivity contribution in [2.75, 3.05) is 42.6 Å². The van der Waals surface area contributed by atoms with Crippen molar-refractivity contribution < 1.29 is 9.84 Å². The van der Waals surface area contributed by atoms with Crippen LogP contribution in [-0.2, 0) is 13.0 Å². The minimum Gasteiger partial charge on any atom is -0.508 e. The summed E-state index contributed by atoms with van der Waals surface area (Å²) in [4.78, 5) is 18.1. The third-order valence-corrected chi connectivity index (χ3v) is 12.2. The Labute approximate surface area is 261 Å². The molecule has 5 fully saturated rings. The van der Waals surface area contributed by atoms with Crippen LogP contribution in [0.2, 0.25) is 0 Å². The van der Waals surface area contributed by atoms with Crippen molar-refractivity contribution in [2.45, 2.75) is 88.0 Å². The van der Waals surface area contributed by atoms with Gasteiger partial charge >= 0.3 is 6.01 Å². The summed E-state index contributed by atoms with van der Waals surface area (Å²) >= 11 is 3.78. The smallest absolute Gasteiger partial charge is 0.318 e. The van der Waals surface area contributed by atoms with Crippen LogP contribution in [0.5, 0.6) is 11.8 Å². The number of benzene rings is 2. The van der Waals surface area contributed by atoms with Crippen LogP contribution in [-0.4, -0.2) is 76.4 Å². The second kappa shape index (κ2) is 10.2. The number of phenols is 1. The van der Waals surface area contributed by atoms with Gasteiger partial charge in [-0.2, -0.15) is 9.97 Å². The quantitative estimate of drug-likeness (QED) is 0.383. The topological polar surface area (TPSA) is 77.0 Å². The van der Waals surface area contributed by atoms with E-state index in [1.165, 1.54) is 63.5 Å². The van der Waals surface area contributed by atoms with Gasteiger partial charge in [0.25, 0.3) is 0 Å². The lowest BCUT2D eigenvalue weighted by molar-refractivity contribution is 0.0829. The summed E-state index contributed by atoms with van der Waals surface area (Å²) in [5.41, 5.74) is 3.52. The summed E-state index contributed by atoms with van der Waals surface area (Å²) in [5, 5.41) is 16.6. The summed E-state index contributed by atoms with van der Waals surface area (Å²) in [6.45, 7) is 5.42. The first-order valence-corrected chi connectivity index (χ1v) is 17.3. The Morgan fingerprint density at radius 1 is 1.02 bits per heavy atom. The van der Waals surface area contributed by atoms with Crippen molar-refractivity contribution in [1.29, 1.82) is 0 Å². The number of aromatic hydroxyl groups is 1. The van der Waals surface area contributed by atoms with Crippen molar-refractivity contribution in [2.24, 2.45) is 5.92 Å². The summed E-state index contributed by atoms with van der Waals surface area (Å²) in [7, 11) is 0. The number of piperazine rings is 1. The number of fused-ring (bicyclic) bond motifs is 7. The fourth-order valence-corrected chi connectivity index (χ4v) is 10.3. The van der Waals surface area contributed by atoms with Gasteiger partial charge in [-0.25, -0.2) is 0 Å². The minimum atomic E-state index is 0.155. The molecular formula is C34H41BrN6O2. The van der Waals surface area contributed by atoms with Gasteiger partial charge in [-0.1, -0.05) is 34.5 Å². The van der Waals surface area contributed by atoms with Crippen LogP contribution in [0.25, 0.3) is 10.8 Å². The molecule has 226 valence electrons. The zero-order chi connectivity index (χ0) is 28.7. The normalized spacial score (nSPS) is 31.5. The maximum absolute atomic E-state index is 10.6. The van der Waals surface area contributed by atoms with Gasteiger partial charge in [-0.15, -0.1) is 0 Å². The van der Waals surface area contributed by atoms with Crippen LogP contribution in [0.3, 0.4) is 0 Å². The highest BCUT2D eigenvalue weighted by molar-refractivity contribution is 9.10. The molecule has 0 radical (unpaired) electrons. The molecule has 6 aliphatic rings. The molecule has 1 saturated carbocycles. The molecule has 5 atom stereocenters. The lowest BCUT2D eigenvalue weighted by Gasteiger charge is -2.38. The van der Waals surface area contributed by atoms with Crippen LogP contribution in [0.1, 0.15) is 62.6 Å². The van der Waals surface area contributed by atoms with Crippen LogP contribution >= 0.6 is 15.9 Å². The molecule has 8 nitrogen and oxygen atoms in total. The van der Waals surface area contributed by atoms with E-state index in [4.69, 9.17) is 14.7 Å². The molecule has 9 rings (SSSR count). The lowest BCUT2D eigenvalue weighted by atomic mass is 9.90. The maximum Gasteiger partial charge on any atom is 0.318 e. The number of halogens is 1. The van der Waals surface area contributed by atoms with Crippen LogP contribution in [0.15, 0.2) is 34.8 Å². The van der Waals surface area contributed by atoms with Gasteiger partial charge in [0.2, 0.25) is 0 Å². The Balaban J connectivity index is 1.06. The number of anilines is 2. The molecule has 0 spiro atoms. The molecule has 2 unspecified atom stereocenters. The molecule has 5 aliphatic heterocycles. The number of phenolic OH excluding ortho intramolecular Hbond substituents is 1. The molecule has 1 aromatic heterocycles. The Morgan fingerprint density at radius 2 is 1.91 bits per heavy atom. The van der Waals surface area contributed by atoms with Crippen molar-refractivity contribution >= 4 is 38.2 Å². The van der Waals surface area contributed by atoms with Crippen molar-refractivity contribution in [3.8, 4) is 11.8 Å². The molecule has 4 saturated heterocycles. The van der Waals surface area contributed by atoms with E-state index >= 15 is 0 Å². The maximum atomic E-state index is 10.6.